The van der Waals surface area contributed by atoms with Crippen LogP contribution in [-0.2, 0) is 25.8 Å². The smallest absolute Gasteiger partial charge is 0.243 e. The first kappa shape index (κ1) is 27.4. The lowest BCUT2D eigenvalue weighted by Gasteiger charge is -2.22. The van der Waals surface area contributed by atoms with Gasteiger partial charge in [-0.05, 0) is 93.2 Å². The van der Waals surface area contributed by atoms with Crippen LogP contribution < -0.4 is 10.1 Å². The van der Waals surface area contributed by atoms with Gasteiger partial charge < -0.3 is 15.0 Å². The lowest BCUT2D eigenvalue weighted by molar-refractivity contribution is -0.129. The van der Waals surface area contributed by atoms with Crippen LogP contribution in [0.1, 0.15) is 37.7 Å². The molecule has 8 nitrogen and oxygen atoms in total. The molecule has 1 fully saturated rings. The molecule has 1 saturated carbocycles. The van der Waals surface area contributed by atoms with E-state index in [1.807, 2.05) is 12.1 Å². The van der Waals surface area contributed by atoms with Crippen LogP contribution in [0.2, 0.25) is 5.02 Å². The van der Waals surface area contributed by atoms with E-state index in [-0.39, 0.29) is 16.7 Å². The molecule has 0 atom stereocenters. The number of nitrogens with zero attached hydrogens (tertiary/aromatic N) is 2. The fourth-order valence-electron chi connectivity index (χ4n) is 4.75. The van der Waals surface area contributed by atoms with Gasteiger partial charge in [-0.15, -0.1) is 0 Å². The van der Waals surface area contributed by atoms with E-state index in [9.17, 15) is 18.0 Å². The number of benzene rings is 2. The van der Waals surface area contributed by atoms with Crippen molar-refractivity contribution >= 4 is 38.9 Å². The van der Waals surface area contributed by atoms with Gasteiger partial charge in [0, 0.05) is 37.8 Å². The first-order valence-corrected chi connectivity index (χ1v) is 14.5. The van der Waals surface area contributed by atoms with E-state index in [1.54, 1.807) is 32.3 Å². The number of nitrogens with one attached hydrogen (secondary N) is 1. The van der Waals surface area contributed by atoms with E-state index in [0.29, 0.717) is 43.2 Å². The number of carbonyl (C=O) groups is 2. The Morgan fingerprint density at radius 3 is 2.41 bits per heavy atom. The van der Waals surface area contributed by atoms with Gasteiger partial charge in [0.05, 0.1) is 4.90 Å². The number of carbonyl (C=O) groups excluding carboxylic acids is 2. The zero-order valence-corrected chi connectivity index (χ0v) is 22.9. The Balaban J connectivity index is 1.33. The minimum Gasteiger partial charge on any atom is -0.492 e. The molecule has 0 radical (unpaired) electrons. The zero-order valence-electron chi connectivity index (χ0n) is 21.3. The molecule has 0 saturated heterocycles. The highest BCUT2D eigenvalue weighted by Gasteiger charge is 2.61. The summed E-state index contributed by atoms with van der Waals surface area (Å²) in [7, 11) is -0.610. The molecule has 2 aliphatic rings. The number of rotatable bonds is 7. The molecule has 2 amide bonds. The number of sulfone groups is 1. The quantitative estimate of drug-likeness (QED) is 0.567. The van der Waals surface area contributed by atoms with Gasteiger partial charge in [0.1, 0.15) is 12.4 Å². The summed E-state index contributed by atoms with van der Waals surface area (Å²) >= 11 is 6.16. The van der Waals surface area contributed by atoms with E-state index in [2.05, 4.69) is 10.2 Å². The molecule has 0 aromatic heterocycles. The summed E-state index contributed by atoms with van der Waals surface area (Å²) in [4.78, 5) is 28.6. The van der Waals surface area contributed by atoms with Crippen molar-refractivity contribution < 1.29 is 22.7 Å². The van der Waals surface area contributed by atoms with Crippen molar-refractivity contribution in [2.75, 3.05) is 45.7 Å². The molecular weight excluding hydrogens is 514 g/mol. The summed E-state index contributed by atoms with van der Waals surface area (Å²) in [5, 5.41) is 3.66. The molecular formula is C27H34ClN3O5S. The minimum absolute atomic E-state index is 0.00280. The molecule has 2 aromatic carbocycles. The lowest BCUT2D eigenvalue weighted by atomic mass is 10.1. The predicted molar refractivity (Wildman–Crippen MR) is 144 cm³/mol. The van der Waals surface area contributed by atoms with Gasteiger partial charge in [-0.1, -0.05) is 11.6 Å². The summed E-state index contributed by atoms with van der Waals surface area (Å²) in [6.45, 7) is 2.77. The monoisotopic (exact) mass is 547 g/mol. The second-order valence-corrected chi connectivity index (χ2v) is 12.6. The second kappa shape index (κ2) is 11.4. The SMILES string of the molecule is CN(C)C(=O)C1(S(=O)(=O)c2ccc(OCCN3CCCC(=O)Nc4ccc(Cl)cc4CCC3)cc2)CC1. The topological polar surface area (TPSA) is 96.0 Å². The van der Waals surface area contributed by atoms with E-state index in [0.717, 1.165) is 43.6 Å². The van der Waals surface area contributed by atoms with Crippen LogP contribution in [0.25, 0.3) is 0 Å². The number of halogens is 1. The van der Waals surface area contributed by atoms with Crippen molar-refractivity contribution in [1.29, 1.82) is 0 Å². The van der Waals surface area contributed by atoms with Crippen LogP contribution in [0.4, 0.5) is 5.69 Å². The fourth-order valence-corrected chi connectivity index (χ4v) is 6.94. The number of amides is 2. The number of ether oxygens (including phenoxy) is 1. The number of anilines is 1. The van der Waals surface area contributed by atoms with E-state index in [4.69, 9.17) is 16.3 Å². The van der Waals surface area contributed by atoms with Crippen LogP contribution in [0.3, 0.4) is 0 Å². The summed E-state index contributed by atoms with van der Waals surface area (Å²) < 4.78 is 30.8. The van der Waals surface area contributed by atoms with Crippen molar-refractivity contribution in [3.8, 4) is 5.75 Å². The van der Waals surface area contributed by atoms with E-state index >= 15 is 0 Å². The average molecular weight is 548 g/mol. The number of aryl methyl sites for hydroxylation is 1. The van der Waals surface area contributed by atoms with Crippen LogP contribution in [0.15, 0.2) is 47.4 Å². The highest BCUT2D eigenvalue weighted by Crippen LogP contribution is 2.48. The Hall–Kier alpha value is -2.62. The molecule has 10 heteroatoms. The summed E-state index contributed by atoms with van der Waals surface area (Å²) in [6, 6.07) is 11.9. The number of hydrogen-bond acceptors (Lipinski definition) is 6. The first-order chi connectivity index (χ1) is 17.6. The third-order valence-corrected chi connectivity index (χ3v) is 9.70. The molecule has 1 N–H and O–H groups in total. The van der Waals surface area contributed by atoms with Crippen molar-refractivity contribution in [3.05, 3.63) is 53.1 Å². The van der Waals surface area contributed by atoms with Gasteiger partial charge in [-0.25, -0.2) is 8.42 Å². The van der Waals surface area contributed by atoms with E-state index in [1.165, 1.54) is 17.0 Å². The third-order valence-electron chi connectivity index (χ3n) is 6.96. The summed E-state index contributed by atoms with van der Waals surface area (Å²) in [6.07, 6.45) is 3.60. The molecule has 1 aliphatic carbocycles. The third kappa shape index (κ3) is 6.27. The Morgan fingerprint density at radius 1 is 1.08 bits per heavy atom. The van der Waals surface area contributed by atoms with Gasteiger partial charge in [0.25, 0.3) is 0 Å². The highest BCUT2D eigenvalue weighted by atomic mass is 35.5. The number of fused-ring (bicyclic) bond motifs is 1. The maximum Gasteiger partial charge on any atom is 0.243 e. The molecule has 0 bridgehead atoms. The maximum absolute atomic E-state index is 13.1. The van der Waals surface area contributed by atoms with Crippen LogP contribution in [-0.4, -0.2) is 75.1 Å². The second-order valence-electron chi connectivity index (χ2n) is 9.92. The molecule has 0 spiro atoms. The highest BCUT2D eigenvalue weighted by molar-refractivity contribution is 7.94. The number of hydrogen-bond donors (Lipinski definition) is 1. The van der Waals surface area contributed by atoms with Crippen molar-refractivity contribution in [2.45, 2.75) is 48.2 Å². The van der Waals surface area contributed by atoms with Crippen LogP contribution >= 0.6 is 11.6 Å². The fraction of sp³-hybridized carbons (Fsp3) is 0.481. The largest absolute Gasteiger partial charge is 0.492 e. The van der Waals surface area contributed by atoms with Gasteiger partial charge >= 0.3 is 0 Å². The van der Waals surface area contributed by atoms with Crippen molar-refractivity contribution in [3.63, 3.8) is 0 Å². The van der Waals surface area contributed by atoms with Gasteiger partial charge in [-0.3, -0.25) is 14.5 Å². The zero-order chi connectivity index (χ0) is 26.6. The lowest BCUT2D eigenvalue weighted by Crippen LogP contribution is -2.41. The molecule has 2 aromatic rings. The molecule has 1 heterocycles. The van der Waals surface area contributed by atoms with Crippen LogP contribution in [0, 0.1) is 0 Å². The predicted octanol–water partition coefficient (Wildman–Crippen LogP) is 3.78. The minimum atomic E-state index is -3.77. The Kier molecular flexibility index (Phi) is 8.46. The standard InChI is InChI=1S/C27H34ClN3O5S/c1-30(2)26(33)27(13-14-27)37(34,35)23-10-8-22(9-11-23)36-18-17-31-15-3-5-20-19-21(28)7-12-24(20)29-25(32)6-4-16-31/h7-12,19H,3-6,13-18H2,1-2H3,(H,29,32). The van der Waals surface area contributed by atoms with E-state index < -0.39 is 14.6 Å². The van der Waals surface area contributed by atoms with Gasteiger partial charge in [0.2, 0.25) is 11.8 Å². The normalized spacial score (nSPS) is 18.2. The molecule has 1 aliphatic heterocycles. The maximum atomic E-state index is 13.1. The molecule has 200 valence electrons. The van der Waals surface area contributed by atoms with Crippen molar-refractivity contribution in [2.24, 2.45) is 0 Å². The summed E-state index contributed by atoms with van der Waals surface area (Å²) in [5.41, 5.74) is 1.87. The van der Waals surface area contributed by atoms with Gasteiger partial charge in [-0.2, -0.15) is 0 Å². The van der Waals surface area contributed by atoms with Gasteiger partial charge in [0.15, 0.2) is 14.6 Å². The van der Waals surface area contributed by atoms with Crippen LogP contribution in [0.5, 0.6) is 5.75 Å². The molecule has 37 heavy (non-hydrogen) atoms. The van der Waals surface area contributed by atoms with Crippen molar-refractivity contribution in [1.82, 2.24) is 9.80 Å². The Morgan fingerprint density at radius 2 is 1.76 bits per heavy atom. The average Bonchev–Trinajstić information content (AvgIpc) is 3.67. The molecule has 4 rings (SSSR count). The Bertz CT molecular complexity index is 1240. The molecule has 0 unspecified atom stereocenters. The Labute approximate surface area is 223 Å². The summed E-state index contributed by atoms with van der Waals surface area (Å²) in [5.74, 6) is 0.202. The first-order valence-electron chi connectivity index (χ1n) is 12.6.